The van der Waals surface area contributed by atoms with Gasteiger partial charge in [0.15, 0.2) is 0 Å². The SMILES string of the molecule is ON=Cc1cc(Cl)ccc1OCCOc1ccc(Cl)cc1. The van der Waals surface area contributed by atoms with Crippen LogP contribution in [0.5, 0.6) is 11.5 Å². The van der Waals surface area contributed by atoms with Crippen molar-refractivity contribution in [2.75, 3.05) is 13.2 Å². The van der Waals surface area contributed by atoms with Crippen molar-refractivity contribution in [3.63, 3.8) is 0 Å². The summed E-state index contributed by atoms with van der Waals surface area (Å²) in [6.45, 7) is 0.719. The quantitative estimate of drug-likeness (QED) is 0.373. The lowest BCUT2D eigenvalue weighted by molar-refractivity contribution is 0.217. The molecule has 0 aromatic heterocycles. The van der Waals surface area contributed by atoms with Crippen LogP contribution in [0.25, 0.3) is 0 Å². The molecule has 0 heterocycles. The molecule has 0 bridgehead atoms. The summed E-state index contributed by atoms with van der Waals surface area (Å²) in [6, 6.07) is 12.1. The Kier molecular flexibility index (Phi) is 5.72. The van der Waals surface area contributed by atoms with Crippen molar-refractivity contribution in [1.29, 1.82) is 0 Å². The number of oxime groups is 1. The van der Waals surface area contributed by atoms with E-state index in [4.69, 9.17) is 37.9 Å². The molecule has 0 spiro atoms. The number of hydrogen-bond donors (Lipinski definition) is 1. The lowest BCUT2D eigenvalue weighted by atomic mass is 10.2. The molecule has 21 heavy (non-hydrogen) atoms. The van der Waals surface area contributed by atoms with Gasteiger partial charge in [-0.3, -0.25) is 0 Å². The first-order valence-corrected chi connectivity index (χ1v) is 6.93. The van der Waals surface area contributed by atoms with E-state index >= 15 is 0 Å². The topological polar surface area (TPSA) is 51.1 Å². The van der Waals surface area contributed by atoms with Crippen LogP contribution >= 0.6 is 23.2 Å². The van der Waals surface area contributed by atoms with Crippen molar-refractivity contribution in [3.05, 3.63) is 58.1 Å². The van der Waals surface area contributed by atoms with Crippen molar-refractivity contribution in [1.82, 2.24) is 0 Å². The van der Waals surface area contributed by atoms with Crippen molar-refractivity contribution >= 4 is 29.4 Å². The van der Waals surface area contributed by atoms with Crippen LogP contribution in [0.1, 0.15) is 5.56 Å². The van der Waals surface area contributed by atoms with Crippen LogP contribution in [-0.2, 0) is 0 Å². The van der Waals surface area contributed by atoms with Gasteiger partial charge in [0.05, 0.1) is 6.21 Å². The smallest absolute Gasteiger partial charge is 0.128 e. The molecule has 0 radical (unpaired) electrons. The van der Waals surface area contributed by atoms with E-state index in [-0.39, 0.29) is 0 Å². The molecule has 0 atom stereocenters. The third-order valence-corrected chi connectivity index (χ3v) is 3.08. The molecule has 6 heteroatoms. The Morgan fingerprint density at radius 3 is 2.33 bits per heavy atom. The van der Waals surface area contributed by atoms with Gasteiger partial charge < -0.3 is 14.7 Å². The zero-order valence-corrected chi connectivity index (χ0v) is 12.5. The van der Waals surface area contributed by atoms with Gasteiger partial charge in [-0.25, -0.2) is 0 Å². The summed E-state index contributed by atoms with van der Waals surface area (Å²) in [5.41, 5.74) is 0.594. The summed E-state index contributed by atoms with van der Waals surface area (Å²) in [7, 11) is 0. The fourth-order valence-corrected chi connectivity index (χ4v) is 1.96. The highest BCUT2D eigenvalue weighted by Crippen LogP contribution is 2.21. The van der Waals surface area contributed by atoms with Crippen molar-refractivity contribution in [2.24, 2.45) is 5.16 Å². The zero-order chi connectivity index (χ0) is 15.1. The third-order valence-electron chi connectivity index (χ3n) is 2.59. The molecule has 0 amide bonds. The number of rotatable bonds is 6. The summed E-state index contributed by atoms with van der Waals surface area (Å²) >= 11 is 11.7. The molecule has 0 saturated carbocycles. The van der Waals surface area contributed by atoms with E-state index in [1.807, 2.05) is 0 Å². The molecular formula is C15H13Cl2NO3. The molecule has 2 rings (SSSR count). The largest absolute Gasteiger partial charge is 0.490 e. The van der Waals surface area contributed by atoms with Crippen LogP contribution < -0.4 is 9.47 Å². The molecule has 2 aromatic rings. The molecule has 110 valence electrons. The second kappa shape index (κ2) is 7.76. The van der Waals surface area contributed by atoms with Crippen LogP contribution in [0.4, 0.5) is 0 Å². The fourth-order valence-electron chi connectivity index (χ4n) is 1.66. The lowest BCUT2D eigenvalue weighted by Crippen LogP contribution is -2.10. The highest BCUT2D eigenvalue weighted by atomic mass is 35.5. The predicted octanol–water partition coefficient (Wildman–Crippen LogP) is 4.26. The number of ether oxygens (including phenoxy) is 2. The molecule has 0 saturated heterocycles. The first-order valence-electron chi connectivity index (χ1n) is 6.17. The average Bonchev–Trinajstić information content (AvgIpc) is 2.48. The maximum atomic E-state index is 8.61. The molecule has 0 fully saturated rings. The summed E-state index contributed by atoms with van der Waals surface area (Å²) in [4.78, 5) is 0. The van der Waals surface area contributed by atoms with E-state index in [0.29, 0.717) is 34.6 Å². The standard InChI is InChI=1S/C15H13Cl2NO3/c16-12-1-4-14(5-2-12)20-7-8-21-15-6-3-13(17)9-11(15)10-18-19/h1-6,9-10,19H,7-8H2. The molecule has 0 aliphatic carbocycles. The average molecular weight is 326 g/mol. The van der Waals surface area contributed by atoms with Gasteiger partial charge in [-0.1, -0.05) is 28.4 Å². The van der Waals surface area contributed by atoms with Gasteiger partial charge in [0, 0.05) is 15.6 Å². The number of nitrogens with zero attached hydrogens (tertiary/aromatic N) is 1. The number of benzene rings is 2. The van der Waals surface area contributed by atoms with E-state index < -0.39 is 0 Å². The van der Waals surface area contributed by atoms with Crippen molar-refractivity contribution in [2.45, 2.75) is 0 Å². The second-order valence-electron chi connectivity index (χ2n) is 4.08. The summed E-state index contributed by atoms with van der Waals surface area (Å²) in [6.07, 6.45) is 1.27. The van der Waals surface area contributed by atoms with Crippen LogP contribution in [0.2, 0.25) is 10.0 Å². The van der Waals surface area contributed by atoms with E-state index in [1.54, 1.807) is 42.5 Å². The molecular weight excluding hydrogens is 313 g/mol. The fraction of sp³-hybridized carbons (Fsp3) is 0.133. The third kappa shape index (κ3) is 4.85. The van der Waals surface area contributed by atoms with Gasteiger partial charge in [-0.15, -0.1) is 0 Å². The number of hydrogen-bond acceptors (Lipinski definition) is 4. The Balaban J connectivity index is 1.87. The van der Waals surface area contributed by atoms with E-state index in [1.165, 1.54) is 6.21 Å². The molecule has 0 aliphatic heterocycles. The summed E-state index contributed by atoms with van der Waals surface area (Å²) in [5, 5.41) is 12.8. The first kappa shape index (κ1) is 15.5. The molecule has 0 aliphatic rings. The van der Waals surface area contributed by atoms with Gasteiger partial charge in [-0.2, -0.15) is 0 Å². The molecule has 1 N–H and O–H groups in total. The Morgan fingerprint density at radius 1 is 0.952 bits per heavy atom. The van der Waals surface area contributed by atoms with Crippen LogP contribution in [0.3, 0.4) is 0 Å². The van der Waals surface area contributed by atoms with E-state index in [0.717, 1.165) is 5.75 Å². The minimum absolute atomic E-state index is 0.344. The first-order chi connectivity index (χ1) is 10.2. The van der Waals surface area contributed by atoms with Gasteiger partial charge in [-0.05, 0) is 42.5 Å². The Bertz CT molecular complexity index is 615. The van der Waals surface area contributed by atoms with Crippen LogP contribution in [-0.4, -0.2) is 24.6 Å². The van der Waals surface area contributed by atoms with Crippen LogP contribution in [0.15, 0.2) is 47.6 Å². The monoisotopic (exact) mass is 325 g/mol. The highest BCUT2D eigenvalue weighted by molar-refractivity contribution is 6.31. The lowest BCUT2D eigenvalue weighted by Gasteiger charge is -2.10. The summed E-state index contributed by atoms with van der Waals surface area (Å²) in [5.74, 6) is 1.29. The molecule has 0 unspecified atom stereocenters. The van der Waals surface area contributed by atoms with E-state index in [9.17, 15) is 0 Å². The molecule has 4 nitrogen and oxygen atoms in total. The summed E-state index contributed by atoms with van der Waals surface area (Å²) < 4.78 is 11.1. The van der Waals surface area contributed by atoms with Crippen molar-refractivity contribution in [3.8, 4) is 11.5 Å². The maximum absolute atomic E-state index is 8.61. The number of halogens is 2. The second-order valence-corrected chi connectivity index (χ2v) is 4.95. The van der Waals surface area contributed by atoms with Gasteiger partial charge in [0.1, 0.15) is 24.7 Å². The van der Waals surface area contributed by atoms with Gasteiger partial charge >= 0.3 is 0 Å². The minimum Gasteiger partial charge on any atom is -0.490 e. The van der Waals surface area contributed by atoms with E-state index in [2.05, 4.69) is 5.16 Å². The normalized spacial score (nSPS) is 10.8. The zero-order valence-electron chi connectivity index (χ0n) is 11.0. The Morgan fingerprint density at radius 2 is 1.62 bits per heavy atom. The van der Waals surface area contributed by atoms with Gasteiger partial charge in [0.2, 0.25) is 0 Å². The maximum Gasteiger partial charge on any atom is 0.128 e. The molecule has 2 aromatic carbocycles. The van der Waals surface area contributed by atoms with Crippen LogP contribution in [0, 0.1) is 0 Å². The Labute approximate surface area is 132 Å². The predicted molar refractivity (Wildman–Crippen MR) is 83.3 cm³/mol. The Hall–Kier alpha value is -1.91. The van der Waals surface area contributed by atoms with Crippen molar-refractivity contribution < 1.29 is 14.7 Å². The van der Waals surface area contributed by atoms with Gasteiger partial charge in [0.25, 0.3) is 0 Å². The minimum atomic E-state index is 0.344. The highest BCUT2D eigenvalue weighted by Gasteiger charge is 2.03.